The molecular formula is C23H23N3O6S. The Morgan fingerprint density at radius 3 is 2.42 bits per heavy atom. The highest BCUT2D eigenvalue weighted by atomic mass is 32.2. The largest absolute Gasteiger partial charge is 0.457 e. The van der Waals surface area contributed by atoms with Crippen LogP contribution in [0.15, 0.2) is 64.5 Å². The van der Waals surface area contributed by atoms with Crippen molar-refractivity contribution in [1.29, 1.82) is 0 Å². The molecule has 1 aromatic heterocycles. The smallest absolute Gasteiger partial charge is 0.308 e. The first-order valence-corrected chi connectivity index (χ1v) is 12.0. The predicted octanol–water partition coefficient (Wildman–Crippen LogP) is 2.00. The van der Waals surface area contributed by atoms with Gasteiger partial charge in [-0.05, 0) is 49.2 Å². The zero-order chi connectivity index (χ0) is 23.4. The Kier molecular flexibility index (Phi) is 6.66. The number of esters is 1. The first-order valence-electron chi connectivity index (χ1n) is 10.6. The summed E-state index contributed by atoms with van der Waals surface area (Å²) in [6.45, 7) is 0.607. The van der Waals surface area contributed by atoms with Crippen LogP contribution in [-0.2, 0) is 26.1 Å². The number of carbonyl (C=O) groups excluding carboxylic acids is 2. The summed E-state index contributed by atoms with van der Waals surface area (Å²) in [4.78, 5) is 41.2. The third kappa shape index (κ3) is 5.01. The van der Waals surface area contributed by atoms with Crippen LogP contribution in [0.5, 0.6) is 0 Å². The van der Waals surface area contributed by atoms with Crippen LogP contribution in [0.4, 0.5) is 0 Å². The average Bonchev–Trinajstić information content (AvgIpc) is 3.38. The van der Waals surface area contributed by atoms with E-state index in [4.69, 9.17) is 4.74 Å². The van der Waals surface area contributed by atoms with E-state index < -0.39 is 28.4 Å². The zero-order valence-corrected chi connectivity index (χ0v) is 18.7. The number of hydrogen-bond donors (Lipinski definition) is 0. The van der Waals surface area contributed by atoms with E-state index in [-0.39, 0.29) is 29.0 Å². The molecule has 0 N–H and O–H groups in total. The van der Waals surface area contributed by atoms with E-state index in [1.165, 1.54) is 39.5 Å². The molecule has 172 valence electrons. The molecule has 0 saturated carbocycles. The molecule has 0 unspecified atom stereocenters. The normalized spacial score (nSPS) is 14.4. The number of nitrogens with zero attached hydrogens (tertiary/aromatic N) is 3. The lowest BCUT2D eigenvalue weighted by atomic mass is 10.1. The molecular weight excluding hydrogens is 446 g/mol. The molecule has 3 aromatic rings. The van der Waals surface area contributed by atoms with E-state index >= 15 is 0 Å². The van der Waals surface area contributed by atoms with Crippen molar-refractivity contribution in [3.8, 4) is 0 Å². The molecule has 1 saturated heterocycles. The molecule has 2 heterocycles. The van der Waals surface area contributed by atoms with Crippen LogP contribution in [-0.4, -0.2) is 53.7 Å². The summed E-state index contributed by atoms with van der Waals surface area (Å²) in [7, 11) is -3.55. The summed E-state index contributed by atoms with van der Waals surface area (Å²) in [5.74, 6) is -1.07. The molecule has 0 bridgehead atoms. The van der Waals surface area contributed by atoms with Gasteiger partial charge in [-0.15, -0.1) is 0 Å². The number of ketones is 1. The minimum atomic E-state index is -3.55. The number of carbonyl (C=O) groups is 2. The molecule has 4 rings (SSSR count). The number of para-hydroxylation sites is 1. The molecule has 0 amide bonds. The van der Waals surface area contributed by atoms with E-state index in [1.807, 2.05) is 0 Å². The van der Waals surface area contributed by atoms with Crippen LogP contribution in [0.2, 0.25) is 0 Å². The first-order chi connectivity index (χ1) is 15.9. The first kappa shape index (κ1) is 22.8. The Balaban J connectivity index is 1.31. The maximum absolute atomic E-state index is 12.6. The highest BCUT2D eigenvalue weighted by Crippen LogP contribution is 2.21. The summed E-state index contributed by atoms with van der Waals surface area (Å²) >= 11 is 0. The van der Waals surface area contributed by atoms with Crippen molar-refractivity contribution in [2.75, 3.05) is 19.7 Å². The number of benzene rings is 2. The van der Waals surface area contributed by atoms with Gasteiger partial charge in [0.05, 0.1) is 28.5 Å². The van der Waals surface area contributed by atoms with Crippen LogP contribution in [0.1, 0.15) is 29.6 Å². The van der Waals surface area contributed by atoms with Crippen LogP contribution in [0.3, 0.4) is 0 Å². The van der Waals surface area contributed by atoms with Gasteiger partial charge < -0.3 is 4.74 Å². The van der Waals surface area contributed by atoms with Crippen LogP contribution < -0.4 is 5.56 Å². The SMILES string of the molecule is O=C(CCn1cnc2ccccc2c1=O)OCC(=O)c1ccc(S(=O)(=O)N2CCCC2)cc1. The standard InChI is InChI=1S/C23H23N3O6S/c27-21(17-7-9-18(10-8-17)33(30,31)26-12-3-4-13-26)15-32-22(28)11-14-25-16-24-20-6-2-1-5-19(20)23(25)29/h1-2,5-10,16H,3-4,11-15H2. The molecule has 1 aliphatic heterocycles. The van der Waals surface area contributed by atoms with E-state index in [0.717, 1.165) is 12.8 Å². The van der Waals surface area contributed by atoms with Crippen molar-refractivity contribution in [2.45, 2.75) is 30.7 Å². The number of fused-ring (bicyclic) bond motifs is 1. The number of rotatable bonds is 8. The monoisotopic (exact) mass is 469 g/mol. The lowest BCUT2D eigenvalue weighted by Gasteiger charge is -2.15. The lowest BCUT2D eigenvalue weighted by Crippen LogP contribution is -2.27. The summed E-state index contributed by atoms with van der Waals surface area (Å²) in [5, 5.41) is 0.457. The third-order valence-corrected chi connectivity index (χ3v) is 7.44. The van der Waals surface area contributed by atoms with Gasteiger partial charge in [0.2, 0.25) is 10.0 Å². The van der Waals surface area contributed by atoms with Crippen LogP contribution >= 0.6 is 0 Å². The highest BCUT2D eigenvalue weighted by molar-refractivity contribution is 7.89. The van der Waals surface area contributed by atoms with Gasteiger partial charge in [0.15, 0.2) is 12.4 Å². The van der Waals surface area contributed by atoms with E-state index in [2.05, 4.69) is 4.98 Å². The predicted molar refractivity (Wildman–Crippen MR) is 120 cm³/mol. The molecule has 1 aliphatic rings. The summed E-state index contributed by atoms with van der Waals surface area (Å²) in [6.07, 6.45) is 2.96. The Morgan fingerprint density at radius 1 is 1.00 bits per heavy atom. The van der Waals surface area contributed by atoms with Crippen LogP contribution in [0.25, 0.3) is 10.9 Å². The number of aryl methyl sites for hydroxylation is 1. The number of sulfonamides is 1. The number of Topliss-reactive ketones (excluding diaryl/α,β-unsaturated/α-hetero) is 1. The second-order valence-corrected chi connectivity index (χ2v) is 9.67. The Hall–Kier alpha value is -3.37. The fourth-order valence-corrected chi connectivity index (χ4v) is 5.19. The van der Waals surface area contributed by atoms with Gasteiger partial charge in [0.25, 0.3) is 5.56 Å². The minimum absolute atomic E-state index is 0.0761. The molecule has 9 nitrogen and oxygen atoms in total. The molecule has 0 radical (unpaired) electrons. The fourth-order valence-electron chi connectivity index (χ4n) is 3.67. The van der Waals surface area contributed by atoms with Crippen molar-refractivity contribution in [1.82, 2.24) is 13.9 Å². The summed E-state index contributed by atoms with van der Waals surface area (Å²) < 4.78 is 32.9. The highest BCUT2D eigenvalue weighted by Gasteiger charge is 2.27. The second-order valence-electron chi connectivity index (χ2n) is 7.73. The average molecular weight is 470 g/mol. The Labute approximate surface area is 190 Å². The van der Waals surface area contributed by atoms with Crippen LogP contribution in [0, 0.1) is 0 Å². The molecule has 0 atom stereocenters. The molecule has 0 spiro atoms. The quantitative estimate of drug-likeness (QED) is 0.366. The number of aromatic nitrogens is 2. The van der Waals surface area contributed by atoms with Gasteiger partial charge >= 0.3 is 5.97 Å². The van der Waals surface area contributed by atoms with Crippen molar-refractivity contribution < 1.29 is 22.7 Å². The molecule has 0 aliphatic carbocycles. The summed E-state index contributed by atoms with van der Waals surface area (Å²) in [6, 6.07) is 12.5. The van der Waals surface area contributed by atoms with Crippen molar-refractivity contribution in [2.24, 2.45) is 0 Å². The number of ether oxygens (including phenoxy) is 1. The third-order valence-electron chi connectivity index (χ3n) is 5.53. The molecule has 10 heteroatoms. The van der Waals surface area contributed by atoms with E-state index in [1.54, 1.807) is 24.3 Å². The van der Waals surface area contributed by atoms with Crippen molar-refractivity contribution in [3.63, 3.8) is 0 Å². The summed E-state index contributed by atoms with van der Waals surface area (Å²) in [5.41, 5.74) is 0.567. The fraction of sp³-hybridized carbons (Fsp3) is 0.304. The maximum atomic E-state index is 12.6. The Bertz CT molecular complexity index is 1340. The second kappa shape index (κ2) is 9.63. The van der Waals surface area contributed by atoms with Gasteiger partial charge in [-0.25, -0.2) is 13.4 Å². The minimum Gasteiger partial charge on any atom is -0.457 e. The van der Waals surface area contributed by atoms with Gasteiger partial charge in [0.1, 0.15) is 0 Å². The van der Waals surface area contributed by atoms with E-state index in [9.17, 15) is 22.8 Å². The zero-order valence-electron chi connectivity index (χ0n) is 17.8. The van der Waals surface area contributed by atoms with Gasteiger partial charge in [-0.3, -0.25) is 19.0 Å². The van der Waals surface area contributed by atoms with Gasteiger partial charge in [-0.1, -0.05) is 12.1 Å². The van der Waals surface area contributed by atoms with Gasteiger partial charge in [-0.2, -0.15) is 4.31 Å². The molecule has 2 aromatic carbocycles. The maximum Gasteiger partial charge on any atom is 0.308 e. The molecule has 1 fully saturated rings. The van der Waals surface area contributed by atoms with Crippen molar-refractivity contribution >= 4 is 32.7 Å². The Morgan fingerprint density at radius 2 is 1.70 bits per heavy atom. The number of hydrogen-bond acceptors (Lipinski definition) is 7. The van der Waals surface area contributed by atoms with Gasteiger partial charge in [0, 0.05) is 25.2 Å². The molecule has 33 heavy (non-hydrogen) atoms. The topological polar surface area (TPSA) is 116 Å². The van der Waals surface area contributed by atoms with E-state index in [0.29, 0.717) is 24.0 Å². The lowest BCUT2D eigenvalue weighted by molar-refractivity contribution is -0.142. The van der Waals surface area contributed by atoms with Crippen molar-refractivity contribution in [3.05, 3.63) is 70.8 Å².